The van der Waals surface area contributed by atoms with Gasteiger partial charge in [-0.3, -0.25) is 0 Å². The Kier molecular flexibility index (Phi) is 4.77. The minimum Gasteiger partial charge on any atom is -0.496 e. The standard InChI is InChI=1S/C17H11BrN2O/c1-21-17-7-4-13(9-16(17)18)8-15(11-20)14-5-2-12(10-19)3-6-14/h2-9H,1H3. The number of hydrogen-bond acceptors (Lipinski definition) is 3. The Morgan fingerprint density at radius 2 is 1.86 bits per heavy atom. The third-order valence-electron chi connectivity index (χ3n) is 2.93. The highest BCUT2D eigenvalue weighted by Crippen LogP contribution is 2.27. The van der Waals surface area contributed by atoms with Crippen LogP contribution in [0.5, 0.6) is 5.75 Å². The summed E-state index contributed by atoms with van der Waals surface area (Å²) in [4.78, 5) is 0. The molecular weight excluding hydrogens is 328 g/mol. The van der Waals surface area contributed by atoms with Crippen LogP contribution in [0.15, 0.2) is 46.9 Å². The minimum absolute atomic E-state index is 0.538. The third kappa shape index (κ3) is 3.51. The normalized spacial score (nSPS) is 10.6. The van der Waals surface area contributed by atoms with Gasteiger partial charge in [0.15, 0.2) is 0 Å². The maximum atomic E-state index is 9.32. The number of nitriles is 2. The van der Waals surface area contributed by atoms with Crippen LogP contribution in [0.1, 0.15) is 16.7 Å². The van der Waals surface area contributed by atoms with Crippen molar-refractivity contribution in [1.29, 1.82) is 10.5 Å². The van der Waals surface area contributed by atoms with E-state index >= 15 is 0 Å². The first kappa shape index (κ1) is 14.8. The zero-order valence-electron chi connectivity index (χ0n) is 11.3. The second-order valence-electron chi connectivity index (χ2n) is 4.25. The van der Waals surface area contributed by atoms with Gasteiger partial charge in [0.05, 0.1) is 34.9 Å². The summed E-state index contributed by atoms with van der Waals surface area (Å²) in [6, 6.07) is 16.8. The molecule has 0 atom stereocenters. The Morgan fingerprint density at radius 1 is 1.14 bits per heavy atom. The van der Waals surface area contributed by atoms with Crippen molar-refractivity contribution in [2.45, 2.75) is 0 Å². The Morgan fingerprint density at radius 3 is 2.38 bits per heavy atom. The molecule has 3 nitrogen and oxygen atoms in total. The summed E-state index contributed by atoms with van der Waals surface area (Å²) < 4.78 is 6.01. The number of halogens is 1. The van der Waals surface area contributed by atoms with Gasteiger partial charge in [0.2, 0.25) is 0 Å². The van der Waals surface area contributed by atoms with Crippen LogP contribution >= 0.6 is 15.9 Å². The van der Waals surface area contributed by atoms with E-state index in [1.165, 1.54) is 0 Å². The van der Waals surface area contributed by atoms with Gasteiger partial charge in [-0.05, 0) is 57.4 Å². The first-order valence-corrected chi connectivity index (χ1v) is 6.93. The number of methoxy groups -OCH3 is 1. The van der Waals surface area contributed by atoms with E-state index in [1.807, 2.05) is 18.2 Å². The van der Waals surface area contributed by atoms with Crippen molar-refractivity contribution in [1.82, 2.24) is 0 Å². The molecule has 2 aromatic rings. The monoisotopic (exact) mass is 338 g/mol. The highest BCUT2D eigenvalue weighted by atomic mass is 79.9. The number of rotatable bonds is 3. The van der Waals surface area contributed by atoms with E-state index in [-0.39, 0.29) is 0 Å². The van der Waals surface area contributed by atoms with Crippen LogP contribution < -0.4 is 4.74 Å². The minimum atomic E-state index is 0.538. The zero-order chi connectivity index (χ0) is 15.2. The van der Waals surface area contributed by atoms with E-state index in [0.29, 0.717) is 11.1 Å². The predicted molar refractivity (Wildman–Crippen MR) is 85.3 cm³/mol. The Hall–Kier alpha value is -2.56. The fourth-order valence-corrected chi connectivity index (χ4v) is 2.40. The van der Waals surface area contributed by atoms with Crippen LogP contribution in [-0.2, 0) is 0 Å². The van der Waals surface area contributed by atoms with E-state index in [2.05, 4.69) is 28.1 Å². The molecule has 0 heterocycles. The van der Waals surface area contributed by atoms with Crippen molar-refractivity contribution in [2.75, 3.05) is 7.11 Å². The molecule has 2 rings (SSSR count). The van der Waals surface area contributed by atoms with Gasteiger partial charge in [0.25, 0.3) is 0 Å². The molecule has 0 spiro atoms. The number of nitrogens with zero attached hydrogens (tertiary/aromatic N) is 2. The van der Waals surface area contributed by atoms with E-state index in [4.69, 9.17) is 10.00 Å². The molecule has 0 unspecified atom stereocenters. The van der Waals surface area contributed by atoms with Gasteiger partial charge in [0.1, 0.15) is 5.75 Å². The predicted octanol–water partition coefficient (Wildman–Crippen LogP) is 4.39. The molecule has 0 radical (unpaired) electrons. The van der Waals surface area contributed by atoms with Gasteiger partial charge in [-0.15, -0.1) is 0 Å². The fourth-order valence-electron chi connectivity index (χ4n) is 1.84. The molecule has 0 saturated heterocycles. The highest BCUT2D eigenvalue weighted by Gasteiger charge is 2.04. The van der Waals surface area contributed by atoms with Crippen LogP contribution in [0.3, 0.4) is 0 Å². The second-order valence-corrected chi connectivity index (χ2v) is 5.11. The average Bonchev–Trinajstić information content (AvgIpc) is 2.53. The lowest BCUT2D eigenvalue weighted by molar-refractivity contribution is 0.412. The average molecular weight is 339 g/mol. The number of hydrogen-bond donors (Lipinski definition) is 0. The van der Waals surface area contributed by atoms with E-state index in [9.17, 15) is 5.26 Å². The van der Waals surface area contributed by atoms with Crippen molar-refractivity contribution in [3.05, 3.63) is 63.6 Å². The summed E-state index contributed by atoms with van der Waals surface area (Å²) in [5.41, 5.74) is 2.78. The third-order valence-corrected chi connectivity index (χ3v) is 3.55. The molecule has 4 heteroatoms. The molecular formula is C17H11BrN2O. The Bertz CT molecular complexity index is 765. The van der Waals surface area contributed by atoms with E-state index in [0.717, 1.165) is 21.3 Å². The Labute approximate surface area is 131 Å². The quantitative estimate of drug-likeness (QED) is 0.615. The van der Waals surface area contributed by atoms with Gasteiger partial charge < -0.3 is 4.74 Å². The van der Waals surface area contributed by atoms with Crippen molar-refractivity contribution in [2.24, 2.45) is 0 Å². The largest absolute Gasteiger partial charge is 0.496 e. The number of ether oxygens (including phenoxy) is 1. The van der Waals surface area contributed by atoms with Crippen LogP contribution in [0.25, 0.3) is 11.6 Å². The summed E-state index contributed by atoms with van der Waals surface area (Å²) in [5, 5.41) is 18.1. The summed E-state index contributed by atoms with van der Waals surface area (Å²) in [6.07, 6.45) is 1.80. The molecule has 0 amide bonds. The molecule has 0 aliphatic rings. The van der Waals surface area contributed by atoms with Crippen LogP contribution in [0.2, 0.25) is 0 Å². The van der Waals surface area contributed by atoms with Gasteiger partial charge in [-0.2, -0.15) is 10.5 Å². The Balaban J connectivity index is 2.38. The summed E-state index contributed by atoms with van der Waals surface area (Å²) >= 11 is 3.42. The fraction of sp³-hybridized carbons (Fsp3) is 0.0588. The van der Waals surface area contributed by atoms with Gasteiger partial charge in [-0.25, -0.2) is 0 Å². The first-order chi connectivity index (χ1) is 10.2. The molecule has 21 heavy (non-hydrogen) atoms. The smallest absolute Gasteiger partial charge is 0.133 e. The van der Waals surface area contributed by atoms with Crippen molar-refractivity contribution < 1.29 is 4.74 Å². The SMILES string of the molecule is COc1ccc(C=C(C#N)c2ccc(C#N)cc2)cc1Br. The van der Waals surface area contributed by atoms with Gasteiger partial charge >= 0.3 is 0 Å². The highest BCUT2D eigenvalue weighted by molar-refractivity contribution is 9.10. The lowest BCUT2D eigenvalue weighted by Gasteiger charge is -2.04. The van der Waals surface area contributed by atoms with Crippen LogP contribution in [0.4, 0.5) is 0 Å². The first-order valence-electron chi connectivity index (χ1n) is 6.14. The van der Waals surface area contributed by atoms with Crippen molar-refractivity contribution in [3.8, 4) is 17.9 Å². The molecule has 0 saturated carbocycles. The molecule has 0 aliphatic heterocycles. The molecule has 0 N–H and O–H groups in total. The summed E-state index contributed by atoms with van der Waals surface area (Å²) in [7, 11) is 1.60. The molecule has 2 aromatic carbocycles. The molecule has 102 valence electrons. The second kappa shape index (κ2) is 6.74. The van der Waals surface area contributed by atoms with Crippen LogP contribution in [0, 0.1) is 22.7 Å². The zero-order valence-corrected chi connectivity index (χ0v) is 12.9. The summed E-state index contributed by atoms with van der Waals surface area (Å²) in [5.74, 6) is 0.740. The number of allylic oxidation sites excluding steroid dienone is 1. The van der Waals surface area contributed by atoms with Crippen molar-refractivity contribution >= 4 is 27.6 Å². The summed E-state index contributed by atoms with van der Waals surface area (Å²) in [6.45, 7) is 0. The maximum Gasteiger partial charge on any atom is 0.133 e. The topological polar surface area (TPSA) is 56.8 Å². The van der Waals surface area contributed by atoms with E-state index in [1.54, 1.807) is 37.5 Å². The molecule has 0 aliphatic carbocycles. The van der Waals surface area contributed by atoms with E-state index < -0.39 is 0 Å². The van der Waals surface area contributed by atoms with Crippen molar-refractivity contribution in [3.63, 3.8) is 0 Å². The number of benzene rings is 2. The van der Waals surface area contributed by atoms with Crippen LogP contribution in [-0.4, -0.2) is 7.11 Å². The lowest BCUT2D eigenvalue weighted by Crippen LogP contribution is -1.86. The molecule has 0 fully saturated rings. The lowest BCUT2D eigenvalue weighted by atomic mass is 10.0. The molecule has 0 aromatic heterocycles. The molecule has 0 bridgehead atoms. The van der Waals surface area contributed by atoms with Gasteiger partial charge in [-0.1, -0.05) is 18.2 Å². The van der Waals surface area contributed by atoms with Gasteiger partial charge in [0, 0.05) is 0 Å². The maximum absolute atomic E-state index is 9.32.